The highest BCUT2D eigenvalue weighted by molar-refractivity contribution is 5.75. The van der Waals surface area contributed by atoms with E-state index in [2.05, 4.69) is 34.0 Å². The van der Waals surface area contributed by atoms with Crippen molar-refractivity contribution in [3.63, 3.8) is 0 Å². The Morgan fingerprint density at radius 3 is 2.79 bits per heavy atom. The van der Waals surface area contributed by atoms with Crippen LogP contribution in [-0.4, -0.2) is 54.1 Å². The van der Waals surface area contributed by atoms with Crippen LogP contribution in [0.1, 0.15) is 49.8 Å². The summed E-state index contributed by atoms with van der Waals surface area (Å²) in [5, 5.41) is 2.89. The van der Waals surface area contributed by atoms with Crippen LogP contribution in [0.3, 0.4) is 0 Å². The highest BCUT2D eigenvalue weighted by atomic mass is 16.5. The van der Waals surface area contributed by atoms with E-state index in [-0.39, 0.29) is 5.91 Å². The lowest BCUT2D eigenvalue weighted by Crippen LogP contribution is -2.34. The molecule has 1 aliphatic heterocycles. The van der Waals surface area contributed by atoms with Crippen LogP contribution in [0.4, 0.5) is 0 Å². The number of piperidine rings is 1. The predicted molar refractivity (Wildman–Crippen MR) is 94.8 cm³/mol. The van der Waals surface area contributed by atoms with Crippen molar-refractivity contribution in [1.29, 1.82) is 0 Å². The zero-order valence-corrected chi connectivity index (χ0v) is 15.4. The first-order chi connectivity index (χ1) is 11.6. The van der Waals surface area contributed by atoms with Gasteiger partial charge in [-0.3, -0.25) is 9.69 Å². The number of nitrogens with zero attached hydrogens (tertiary/aromatic N) is 2. The van der Waals surface area contributed by atoms with Crippen molar-refractivity contribution in [1.82, 2.24) is 20.2 Å². The molecule has 0 aliphatic carbocycles. The van der Waals surface area contributed by atoms with Crippen molar-refractivity contribution in [2.24, 2.45) is 5.92 Å². The Morgan fingerprint density at radius 1 is 1.42 bits per heavy atom. The van der Waals surface area contributed by atoms with Crippen molar-refractivity contribution in [2.45, 2.75) is 52.5 Å². The zero-order chi connectivity index (χ0) is 17.4. The van der Waals surface area contributed by atoms with Crippen LogP contribution in [0.25, 0.3) is 0 Å². The molecule has 1 aromatic heterocycles. The van der Waals surface area contributed by atoms with Crippen molar-refractivity contribution in [3.8, 4) is 0 Å². The quantitative estimate of drug-likeness (QED) is 0.677. The maximum atomic E-state index is 11.7. The number of aryl methyl sites for hydroxylation is 2. The molecule has 136 valence electrons. The second kappa shape index (κ2) is 9.79. The van der Waals surface area contributed by atoms with Crippen LogP contribution in [0.15, 0.2) is 0 Å². The number of aromatic amines is 1. The molecule has 6 nitrogen and oxygen atoms in total. The number of methoxy groups -OCH3 is 1. The van der Waals surface area contributed by atoms with Gasteiger partial charge in [-0.05, 0) is 45.2 Å². The number of imidazole rings is 1. The number of aromatic nitrogens is 2. The van der Waals surface area contributed by atoms with E-state index in [1.807, 2.05) is 0 Å². The summed E-state index contributed by atoms with van der Waals surface area (Å²) < 4.78 is 4.94. The van der Waals surface area contributed by atoms with Gasteiger partial charge in [-0.1, -0.05) is 6.92 Å². The third-order valence-corrected chi connectivity index (χ3v) is 4.86. The highest BCUT2D eigenvalue weighted by Crippen LogP contribution is 2.23. The van der Waals surface area contributed by atoms with Gasteiger partial charge in [-0.2, -0.15) is 0 Å². The number of hydrogen-bond donors (Lipinski definition) is 2. The van der Waals surface area contributed by atoms with Crippen LogP contribution >= 0.6 is 0 Å². The standard InChI is InChI=1S/C18H32N4O2/c1-4-17-20-14(2)16(21-17)13-22-10-7-15(8-11-22)5-6-18(23)19-9-12-24-3/h15H,4-13H2,1-3H3,(H,19,23)(H,20,21). The van der Waals surface area contributed by atoms with E-state index >= 15 is 0 Å². The molecule has 0 spiro atoms. The Hall–Kier alpha value is -1.40. The highest BCUT2D eigenvalue weighted by Gasteiger charge is 2.21. The number of amides is 1. The number of nitrogens with one attached hydrogen (secondary N) is 2. The van der Waals surface area contributed by atoms with Gasteiger partial charge in [-0.25, -0.2) is 4.98 Å². The van der Waals surface area contributed by atoms with Gasteiger partial charge in [0.15, 0.2) is 0 Å². The fraction of sp³-hybridized carbons (Fsp3) is 0.778. The monoisotopic (exact) mass is 336 g/mol. The van der Waals surface area contributed by atoms with Gasteiger partial charge in [0.2, 0.25) is 5.91 Å². The third-order valence-electron chi connectivity index (χ3n) is 4.86. The molecule has 1 fully saturated rings. The van der Waals surface area contributed by atoms with E-state index in [0.29, 0.717) is 25.5 Å². The summed E-state index contributed by atoms with van der Waals surface area (Å²) in [6.07, 6.45) is 4.93. The minimum absolute atomic E-state index is 0.147. The van der Waals surface area contributed by atoms with E-state index in [4.69, 9.17) is 4.74 Å². The van der Waals surface area contributed by atoms with E-state index < -0.39 is 0 Å². The minimum Gasteiger partial charge on any atom is -0.383 e. The minimum atomic E-state index is 0.147. The molecular weight excluding hydrogens is 304 g/mol. The van der Waals surface area contributed by atoms with E-state index in [1.54, 1.807) is 7.11 Å². The number of ether oxygens (including phenoxy) is 1. The zero-order valence-electron chi connectivity index (χ0n) is 15.4. The average Bonchev–Trinajstić information content (AvgIpc) is 2.94. The first kappa shape index (κ1) is 18.9. The van der Waals surface area contributed by atoms with Crippen molar-refractivity contribution < 1.29 is 9.53 Å². The lowest BCUT2D eigenvalue weighted by Gasteiger charge is -2.31. The molecule has 2 rings (SSSR count). The molecule has 1 aromatic rings. The summed E-state index contributed by atoms with van der Waals surface area (Å²) in [5.74, 6) is 1.89. The number of rotatable bonds is 9. The lowest BCUT2D eigenvalue weighted by molar-refractivity contribution is -0.121. The maximum Gasteiger partial charge on any atom is 0.220 e. The van der Waals surface area contributed by atoms with Crippen molar-refractivity contribution in [2.75, 3.05) is 33.4 Å². The first-order valence-corrected chi connectivity index (χ1v) is 9.14. The Kier molecular flexibility index (Phi) is 7.72. The molecule has 2 heterocycles. The Balaban J connectivity index is 1.66. The average molecular weight is 336 g/mol. The molecule has 0 unspecified atom stereocenters. The normalized spacial score (nSPS) is 16.5. The van der Waals surface area contributed by atoms with Gasteiger partial charge in [0, 0.05) is 38.7 Å². The van der Waals surface area contributed by atoms with E-state index in [9.17, 15) is 4.79 Å². The molecule has 0 bridgehead atoms. The summed E-state index contributed by atoms with van der Waals surface area (Å²) in [6.45, 7) is 8.56. The van der Waals surface area contributed by atoms with Gasteiger partial charge in [0.05, 0.1) is 12.3 Å². The Labute approximate surface area is 145 Å². The summed E-state index contributed by atoms with van der Waals surface area (Å²) in [7, 11) is 1.65. The molecular formula is C18H32N4O2. The van der Waals surface area contributed by atoms with Crippen molar-refractivity contribution in [3.05, 3.63) is 17.2 Å². The molecule has 1 aliphatic rings. The van der Waals surface area contributed by atoms with Gasteiger partial charge in [0.25, 0.3) is 0 Å². The summed E-state index contributed by atoms with van der Waals surface area (Å²) >= 11 is 0. The number of carbonyl (C=O) groups is 1. The first-order valence-electron chi connectivity index (χ1n) is 9.14. The number of likely N-dealkylation sites (tertiary alicyclic amines) is 1. The Bertz CT molecular complexity index is 507. The van der Waals surface area contributed by atoms with Gasteiger partial charge in [0.1, 0.15) is 5.82 Å². The molecule has 6 heteroatoms. The fourth-order valence-electron chi connectivity index (χ4n) is 3.25. The third kappa shape index (κ3) is 5.91. The molecule has 0 aromatic carbocycles. The lowest BCUT2D eigenvalue weighted by atomic mass is 9.92. The number of carbonyl (C=O) groups excluding carboxylic acids is 1. The summed E-state index contributed by atoms with van der Waals surface area (Å²) in [6, 6.07) is 0. The topological polar surface area (TPSA) is 70.2 Å². The van der Waals surface area contributed by atoms with Crippen molar-refractivity contribution >= 4 is 5.91 Å². The smallest absolute Gasteiger partial charge is 0.220 e. The summed E-state index contributed by atoms with van der Waals surface area (Å²) in [5.41, 5.74) is 2.38. The van der Waals surface area contributed by atoms with E-state index in [0.717, 1.165) is 38.3 Å². The summed E-state index contributed by atoms with van der Waals surface area (Å²) in [4.78, 5) is 22.3. The van der Waals surface area contributed by atoms with Gasteiger partial charge >= 0.3 is 0 Å². The largest absolute Gasteiger partial charge is 0.383 e. The molecule has 0 radical (unpaired) electrons. The second-order valence-electron chi connectivity index (χ2n) is 6.71. The molecule has 1 amide bonds. The molecule has 2 N–H and O–H groups in total. The van der Waals surface area contributed by atoms with Crippen LogP contribution in [0.2, 0.25) is 0 Å². The van der Waals surface area contributed by atoms with Gasteiger partial charge < -0.3 is 15.0 Å². The predicted octanol–water partition coefficient (Wildman–Crippen LogP) is 2.04. The number of hydrogen-bond acceptors (Lipinski definition) is 4. The SMILES string of the molecule is CCc1nc(CN2CCC(CCC(=O)NCCOC)CC2)c(C)[nH]1. The number of H-pyrrole nitrogens is 1. The second-order valence-corrected chi connectivity index (χ2v) is 6.71. The van der Waals surface area contributed by atoms with Crippen LogP contribution < -0.4 is 5.32 Å². The Morgan fingerprint density at radius 2 is 2.17 bits per heavy atom. The fourth-order valence-corrected chi connectivity index (χ4v) is 3.25. The maximum absolute atomic E-state index is 11.7. The molecule has 1 saturated heterocycles. The van der Waals surface area contributed by atoms with Gasteiger partial charge in [-0.15, -0.1) is 0 Å². The molecule has 24 heavy (non-hydrogen) atoms. The molecule has 0 atom stereocenters. The van der Waals surface area contributed by atoms with Crippen LogP contribution in [0.5, 0.6) is 0 Å². The molecule has 0 saturated carbocycles. The van der Waals surface area contributed by atoms with Crippen LogP contribution in [-0.2, 0) is 22.5 Å². The van der Waals surface area contributed by atoms with E-state index in [1.165, 1.54) is 24.2 Å². The van der Waals surface area contributed by atoms with Crippen LogP contribution in [0, 0.1) is 12.8 Å².